The second kappa shape index (κ2) is 7.95. The van der Waals surface area contributed by atoms with Crippen molar-refractivity contribution in [2.24, 2.45) is 5.16 Å². The summed E-state index contributed by atoms with van der Waals surface area (Å²) in [6.45, 7) is 8.26. The molecule has 1 saturated heterocycles. The number of likely N-dealkylation sites (N-methyl/N-ethyl adjacent to an activating group) is 1. The fourth-order valence-electron chi connectivity index (χ4n) is 4.53. The van der Waals surface area contributed by atoms with Crippen molar-refractivity contribution in [2.45, 2.75) is 63.5 Å². The van der Waals surface area contributed by atoms with Crippen LogP contribution >= 0.6 is 0 Å². The zero-order chi connectivity index (χ0) is 16.1. The van der Waals surface area contributed by atoms with Crippen LogP contribution in [0, 0.1) is 0 Å². The molecule has 2 fully saturated rings. The fourth-order valence-corrected chi connectivity index (χ4v) is 4.53. The SMILES string of the molecule is CCC1=NO[C@@H](CN(C)CC2(N3CCOCC3)CCCCC2)C1. The van der Waals surface area contributed by atoms with E-state index in [1.54, 1.807) is 0 Å². The number of hydrogen-bond acceptors (Lipinski definition) is 5. The van der Waals surface area contributed by atoms with Crippen LogP contribution in [-0.2, 0) is 9.57 Å². The molecule has 0 radical (unpaired) electrons. The lowest BCUT2D eigenvalue weighted by atomic mass is 9.79. The summed E-state index contributed by atoms with van der Waals surface area (Å²) in [6, 6.07) is 0. The number of oxime groups is 1. The predicted octanol–water partition coefficient (Wildman–Crippen LogP) is 2.51. The van der Waals surface area contributed by atoms with Crippen molar-refractivity contribution in [2.75, 3.05) is 46.4 Å². The van der Waals surface area contributed by atoms with Gasteiger partial charge >= 0.3 is 0 Å². The average molecular weight is 323 g/mol. The Bertz CT molecular complexity index is 401. The van der Waals surface area contributed by atoms with Crippen molar-refractivity contribution in [3.63, 3.8) is 0 Å². The Morgan fingerprint density at radius 1 is 1.22 bits per heavy atom. The van der Waals surface area contributed by atoms with Gasteiger partial charge in [0.1, 0.15) is 6.10 Å². The lowest BCUT2D eigenvalue weighted by Gasteiger charge is -2.49. The molecule has 1 saturated carbocycles. The molecule has 23 heavy (non-hydrogen) atoms. The van der Waals surface area contributed by atoms with Gasteiger partial charge in [0.15, 0.2) is 0 Å². The monoisotopic (exact) mass is 323 g/mol. The average Bonchev–Trinajstić information content (AvgIpc) is 3.04. The maximum atomic E-state index is 5.61. The number of rotatable bonds is 6. The van der Waals surface area contributed by atoms with Gasteiger partial charge in [-0.3, -0.25) is 4.90 Å². The van der Waals surface area contributed by atoms with E-state index in [1.807, 2.05) is 0 Å². The molecule has 3 rings (SSSR count). The first-order valence-corrected chi connectivity index (χ1v) is 9.45. The van der Waals surface area contributed by atoms with E-state index in [2.05, 4.69) is 28.9 Å². The smallest absolute Gasteiger partial charge is 0.145 e. The molecule has 0 N–H and O–H groups in total. The quantitative estimate of drug-likeness (QED) is 0.753. The van der Waals surface area contributed by atoms with Crippen molar-refractivity contribution in [1.82, 2.24) is 9.80 Å². The minimum absolute atomic E-state index is 0.250. The molecule has 1 atom stereocenters. The van der Waals surface area contributed by atoms with Crippen molar-refractivity contribution < 1.29 is 9.57 Å². The second-order valence-corrected chi connectivity index (χ2v) is 7.52. The first-order valence-electron chi connectivity index (χ1n) is 9.45. The Kier molecular flexibility index (Phi) is 5.94. The third-order valence-corrected chi connectivity index (χ3v) is 5.75. The van der Waals surface area contributed by atoms with Gasteiger partial charge in [-0.05, 0) is 26.3 Å². The van der Waals surface area contributed by atoms with Crippen LogP contribution in [0.2, 0.25) is 0 Å². The molecule has 0 aromatic heterocycles. The van der Waals surface area contributed by atoms with E-state index in [1.165, 1.54) is 37.8 Å². The molecule has 5 heteroatoms. The van der Waals surface area contributed by atoms with E-state index < -0.39 is 0 Å². The molecule has 0 unspecified atom stereocenters. The van der Waals surface area contributed by atoms with Crippen molar-refractivity contribution >= 4 is 5.71 Å². The number of morpholine rings is 1. The summed E-state index contributed by atoms with van der Waals surface area (Å²) in [7, 11) is 2.25. The van der Waals surface area contributed by atoms with Crippen molar-refractivity contribution in [3.8, 4) is 0 Å². The summed E-state index contributed by atoms with van der Waals surface area (Å²) in [5.74, 6) is 0. The molecule has 0 bridgehead atoms. The molecule has 0 amide bonds. The number of hydrogen-bond donors (Lipinski definition) is 0. The van der Waals surface area contributed by atoms with E-state index >= 15 is 0 Å². The van der Waals surface area contributed by atoms with Crippen LogP contribution in [-0.4, -0.2) is 73.6 Å². The summed E-state index contributed by atoms with van der Waals surface area (Å²) in [5, 5.41) is 4.21. The Hall–Kier alpha value is -0.650. The van der Waals surface area contributed by atoms with Crippen LogP contribution in [0.5, 0.6) is 0 Å². The van der Waals surface area contributed by atoms with Gasteiger partial charge in [0.05, 0.1) is 18.9 Å². The molecule has 2 aliphatic heterocycles. The Morgan fingerprint density at radius 2 is 1.96 bits per heavy atom. The van der Waals surface area contributed by atoms with E-state index in [4.69, 9.17) is 9.57 Å². The van der Waals surface area contributed by atoms with Gasteiger partial charge in [0, 0.05) is 38.1 Å². The highest BCUT2D eigenvalue weighted by Crippen LogP contribution is 2.35. The van der Waals surface area contributed by atoms with Gasteiger partial charge in [-0.15, -0.1) is 0 Å². The number of nitrogens with zero attached hydrogens (tertiary/aromatic N) is 3. The topological polar surface area (TPSA) is 37.3 Å². The van der Waals surface area contributed by atoms with Gasteiger partial charge in [-0.1, -0.05) is 31.3 Å². The third kappa shape index (κ3) is 4.25. The lowest BCUT2D eigenvalue weighted by molar-refractivity contribution is -0.0528. The van der Waals surface area contributed by atoms with Crippen molar-refractivity contribution in [1.29, 1.82) is 0 Å². The Balaban J connectivity index is 1.57. The molecule has 5 nitrogen and oxygen atoms in total. The summed E-state index contributed by atoms with van der Waals surface area (Å²) < 4.78 is 5.58. The highest BCUT2D eigenvalue weighted by atomic mass is 16.6. The van der Waals surface area contributed by atoms with Crippen LogP contribution in [0.4, 0.5) is 0 Å². The normalized spacial score (nSPS) is 28.7. The van der Waals surface area contributed by atoms with Crippen LogP contribution in [0.3, 0.4) is 0 Å². The Morgan fingerprint density at radius 3 is 2.61 bits per heavy atom. The van der Waals surface area contributed by atoms with Crippen molar-refractivity contribution in [3.05, 3.63) is 0 Å². The first-order chi connectivity index (χ1) is 11.2. The summed E-state index contributed by atoms with van der Waals surface area (Å²) >= 11 is 0. The van der Waals surface area contributed by atoms with Gasteiger partial charge in [-0.2, -0.15) is 0 Å². The van der Waals surface area contributed by atoms with Crippen LogP contribution in [0.1, 0.15) is 51.9 Å². The molecular formula is C18H33N3O2. The molecule has 132 valence electrons. The van der Waals surface area contributed by atoms with Crippen LogP contribution in [0.15, 0.2) is 5.16 Å². The lowest BCUT2D eigenvalue weighted by Crippen LogP contribution is -2.59. The standard InChI is InChI=1S/C18H33N3O2/c1-3-16-13-17(23-19-16)14-20(2)15-18(7-5-4-6-8-18)21-9-11-22-12-10-21/h17H,3-15H2,1-2H3/t17-/m1/s1. The van der Waals surface area contributed by atoms with Crippen LogP contribution < -0.4 is 0 Å². The van der Waals surface area contributed by atoms with E-state index in [-0.39, 0.29) is 6.10 Å². The summed E-state index contributed by atoms with van der Waals surface area (Å²) in [5.41, 5.74) is 1.56. The van der Waals surface area contributed by atoms with Gasteiger partial charge in [0.2, 0.25) is 0 Å². The molecule has 2 heterocycles. The zero-order valence-corrected chi connectivity index (χ0v) is 14.9. The molecule has 3 aliphatic rings. The third-order valence-electron chi connectivity index (χ3n) is 5.75. The van der Waals surface area contributed by atoms with E-state index in [0.29, 0.717) is 5.54 Å². The van der Waals surface area contributed by atoms with E-state index in [0.717, 1.165) is 52.2 Å². The largest absolute Gasteiger partial charge is 0.391 e. The first kappa shape index (κ1) is 17.2. The van der Waals surface area contributed by atoms with Gasteiger partial charge < -0.3 is 14.5 Å². The minimum Gasteiger partial charge on any atom is -0.391 e. The molecule has 0 spiro atoms. The highest BCUT2D eigenvalue weighted by Gasteiger charge is 2.39. The number of ether oxygens (including phenoxy) is 1. The molecule has 1 aliphatic carbocycles. The summed E-state index contributed by atoms with van der Waals surface area (Å²) in [4.78, 5) is 10.8. The van der Waals surface area contributed by atoms with Crippen LogP contribution in [0.25, 0.3) is 0 Å². The van der Waals surface area contributed by atoms with E-state index in [9.17, 15) is 0 Å². The van der Waals surface area contributed by atoms with Gasteiger partial charge in [0.25, 0.3) is 0 Å². The summed E-state index contributed by atoms with van der Waals surface area (Å²) in [6.07, 6.45) is 9.07. The predicted molar refractivity (Wildman–Crippen MR) is 92.9 cm³/mol. The maximum absolute atomic E-state index is 5.61. The second-order valence-electron chi connectivity index (χ2n) is 7.52. The Labute approximate surface area is 141 Å². The molecular weight excluding hydrogens is 290 g/mol. The highest BCUT2D eigenvalue weighted by molar-refractivity contribution is 5.85. The molecule has 0 aromatic rings. The zero-order valence-electron chi connectivity index (χ0n) is 14.9. The minimum atomic E-state index is 0.250. The fraction of sp³-hybridized carbons (Fsp3) is 0.944. The molecule has 0 aromatic carbocycles. The maximum Gasteiger partial charge on any atom is 0.145 e. The van der Waals surface area contributed by atoms with Gasteiger partial charge in [-0.25, -0.2) is 0 Å².